The van der Waals surface area contributed by atoms with Gasteiger partial charge in [-0.05, 0) is 18.1 Å². The Bertz CT molecular complexity index is 947. The van der Waals surface area contributed by atoms with Crippen molar-refractivity contribution in [3.63, 3.8) is 0 Å². The third kappa shape index (κ3) is 3.79. The number of nitrogens with one attached hydrogen (secondary N) is 1. The van der Waals surface area contributed by atoms with E-state index >= 15 is 0 Å². The summed E-state index contributed by atoms with van der Waals surface area (Å²) in [5.41, 5.74) is 3.33. The van der Waals surface area contributed by atoms with E-state index < -0.39 is 0 Å². The topological polar surface area (TPSA) is 82.3 Å². The first-order chi connectivity index (χ1) is 13.7. The Labute approximate surface area is 164 Å². The van der Waals surface area contributed by atoms with Gasteiger partial charge >= 0.3 is 0 Å². The molecular formula is C20H27N7O. The highest BCUT2D eigenvalue weighted by Gasteiger charge is 2.21. The van der Waals surface area contributed by atoms with E-state index in [4.69, 9.17) is 15.1 Å². The van der Waals surface area contributed by atoms with Crippen molar-refractivity contribution in [3.8, 4) is 0 Å². The van der Waals surface area contributed by atoms with Gasteiger partial charge in [-0.15, -0.1) is 0 Å². The zero-order valence-corrected chi connectivity index (χ0v) is 16.5. The smallest absolute Gasteiger partial charge is 0.229 e. The Balaban J connectivity index is 1.58. The van der Waals surface area contributed by atoms with E-state index in [1.165, 1.54) is 11.1 Å². The Morgan fingerprint density at radius 3 is 2.64 bits per heavy atom. The van der Waals surface area contributed by atoms with Crippen LogP contribution in [-0.4, -0.2) is 69.1 Å². The summed E-state index contributed by atoms with van der Waals surface area (Å²) in [5, 5.41) is 17.9. The van der Waals surface area contributed by atoms with Crippen molar-refractivity contribution in [3.05, 3.63) is 41.6 Å². The second-order valence-electron chi connectivity index (χ2n) is 7.21. The summed E-state index contributed by atoms with van der Waals surface area (Å²) in [7, 11) is 1.91. The Morgan fingerprint density at radius 1 is 1.11 bits per heavy atom. The maximum Gasteiger partial charge on any atom is 0.229 e. The Kier molecular flexibility index (Phi) is 5.40. The van der Waals surface area contributed by atoms with E-state index in [-0.39, 0.29) is 6.61 Å². The molecule has 1 aliphatic rings. The molecule has 1 fully saturated rings. The number of aromatic nitrogens is 4. The van der Waals surface area contributed by atoms with Crippen LogP contribution in [0.4, 0.5) is 11.8 Å². The number of aliphatic hydroxyl groups is 1. The number of rotatable bonds is 6. The Morgan fingerprint density at radius 2 is 1.89 bits per heavy atom. The van der Waals surface area contributed by atoms with Crippen LogP contribution in [0.1, 0.15) is 11.1 Å². The van der Waals surface area contributed by atoms with Crippen LogP contribution in [0.15, 0.2) is 30.5 Å². The van der Waals surface area contributed by atoms with Gasteiger partial charge in [0.15, 0.2) is 5.65 Å². The number of anilines is 2. The molecule has 0 saturated carbocycles. The quantitative estimate of drug-likeness (QED) is 0.668. The van der Waals surface area contributed by atoms with Gasteiger partial charge in [0.05, 0.1) is 18.2 Å². The molecule has 8 nitrogen and oxygen atoms in total. The van der Waals surface area contributed by atoms with Gasteiger partial charge in [-0.3, -0.25) is 9.58 Å². The second-order valence-corrected chi connectivity index (χ2v) is 7.21. The lowest BCUT2D eigenvalue weighted by Gasteiger charge is -2.34. The van der Waals surface area contributed by atoms with Crippen molar-refractivity contribution in [2.45, 2.75) is 13.5 Å². The number of hydrogen-bond acceptors (Lipinski definition) is 7. The molecule has 2 aromatic heterocycles. The molecule has 0 aliphatic carbocycles. The molecule has 1 saturated heterocycles. The van der Waals surface area contributed by atoms with Gasteiger partial charge in [-0.25, -0.2) is 0 Å². The molecule has 4 rings (SSSR count). The molecule has 0 unspecified atom stereocenters. The predicted octanol–water partition coefficient (Wildman–Crippen LogP) is 1.40. The molecule has 3 aromatic rings. The minimum atomic E-state index is 0.199. The largest absolute Gasteiger partial charge is 0.395 e. The zero-order valence-electron chi connectivity index (χ0n) is 16.5. The van der Waals surface area contributed by atoms with Crippen molar-refractivity contribution in [1.82, 2.24) is 24.6 Å². The fourth-order valence-corrected chi connectivity index (χ4v) is 3.59. The standard InChI is InChI=1S/C20H27N7O/c1-15-5-3-4-6-16(15)13-21-18-17-14-22-25(2)19(17)24-20(23-18)27-9-7-26(8-10-27)11-12-28/h3-6,14,28H,7-13H2,1-2H3,(H,21,23,24). The van der Waals surface area contributed by atoms with Gasteiger partial charge in [0.1, 0.15) is 5.82 Å². The highest BCUT2D eigenvalue weighted by molar-refractivity contribution is 5.87. The molecule has 0 radical (unpaired) electrons. The molecule has 8 heteroatoms. The van der Waals surface area contributed by atoms with Crippen LogP contribution in [0.3, 0.4) is 0 Å². The number of hydrogen-bond donors (Lipinski definition) is 2. The zero-order chi connectivity index (χ0) is 19.5. The second kappa shape index (κ2) is 8.12. The average Bonchev–Trinajstić information content (AvgIpc) is 3.09. The molecule has 0 spiro atoms. The molecule has 0 amide bonds. The van der Waals surface area contributed by atoms with Crippen LogP contribution < -0.4 is 10.2 Å². The first kappa shape index (κ1) is 18.6. The third-order valence-electron chi connectivity index (χ3n) is 5.36. The fraction of sp³-hybridized carbons (Fsp3) is 0.450. The van der Waals surface area contributed by atoms with Gasteiger partial charge in [0.2, 0.25) is 5.95 Å². The Hall–Kier alpha value is -2.71. The maximum absolute atomic E-state index is 9.14. The fourth-order valence-electron chi connectivity index (χ4n) is 3.59. The van der Waals surface area contributed by atoms with Gasteiger partial charge in [-0.1, -0.05) is 24.3 Å². The summed E-state index contributed by atoms with van der Waals surface area (Å²) in [4.78, 5) is 14.1. The molecule has 0 atom stereocenters. The van der Waals surface area contributed by atoms with E-state index in [2.05, 4.69) is 51.4 Å². The average molecular weight is 381 g/mol. The lowest BCUT2D eigenvalue weighted by molar-refractivity contribution is 0.188. The summed E-state index contributed by atoms with van der Waals surface area (Å²) in [5.74, 6) is 1.54. The molecular weight excluding hydrogens is 354 g/mol. The minimum absolute atomic E-state index is 0.199. The minimum Gasteiger partial charge on any atom is -0.395 e. The maximum atomic E-state index is 9.14. The van der Waals surface area contributed by atoms with E-state index in [1.807, 2.05) is 13.2 Å². The highest BCUT2D eigenvalue weighted by atomic mass is 16.3. The summed E-state index contributed by atoms with van der Waals surface area (Å²) in [6.07, 6.45) is 1.82. The van der Waals surface area contributed by atoms with Gasteiger partial charge < -0.3 is 15.3 Å². The van der Waals surface area contributed by atoms with Crippen LogP contribution in [0.5, 0.6) is 0 Å². The van der Waals surface area contributed by atoms with Crippen LogP contribution in [-0.2, 0) is 13.6 Å². The van der Waals surface area contributed by atoms with Crippen molar-refractivity contribution in [2.24, 2.45) is 7.05 Å². The summed E-state index contributed by atoms with van der Waals surface area (Å²) >= 11 is 0. The first-order valence-corrected chi connectivity index (χ1v) is 9.72. The summed E-state index contributed by atoms with van der Waals surface area (Å²) < 4.78 is 1.79. The van der Waals surface area contributed by atoms with Crippen molar-refractivity contribution in [1.29, 1.82) is 0 Å². The molecule has 3 heterocycles. The van der Waals surface area contributed by atoms with E-state index in [0.29, 0.717) is 6.54 Å². The molecule has 1 aromatic carbocycles. The monoisotopic (exact) mass is 381 g/mol. The number of benzene rings is 1. The SMILES string of the molecule is Cc1ccccc1CNc1nc(N2CCN(CCO)CC2)nc2c1cnn2C. The van der Waals surface area contributed by atoms with E-state index in [1.54, 1.807) is 4.68 Å². The predicted molar refractivity (Wildman–Crippen MR) is 111 cm³/mol. The number of fused-ring (bicyclic) bond motifs is 1. The highest BCUT2D eigenvalue weighted by Crippen LogP contribution is 2.24. The van der Waals surface area contributed by atoms with Crippen LogP contribution >= 0.6 is 0 Å². The molecule has 2 N–H and O–H groups in total. The molecule has 1 aliphatic heterocycles. The van der Waals surface area contributed by atoms with Gasteiger partial charge in [-0.2, -0.15) is 15.1 Å². The van der Waals surface area contributed by atoms with Gasteiger partial charge in [0.25, 0.3) is 0 Å². The van der Waals surface area contributed by atoms with E-state index in [9.17, 15) is 0 Å². The van der Waals surface area contributed by atoms with Crippen LogP contribution in [0, 0.1) is 6.92 Å². The number of aryl methyl sites for hydroxylation is 2. The lowest BCUT2D eigenvalue weighted by atomic mass is 10.1. The number of β-amino-alcohol motifs (C(OH)–C–C–N with tert-alkyl or cyclic N) is 1. The normalized spacial score (nSPS) is 15.3. The van der Waals surface area contributed by atoms with Crippen LogP contribution in [0.25, 0.3) is 11.0 Å². The molecule has 148 valence electrons. The lowest BCUT2D eigenvalue weighted by Crippen LogP contribution is -2.47. The van der Waals surface area contributed by atoms with Gasteiger partial charge in [0, 0.05) is 46.3 Å². The number of nitrogens with zero attached hydrogens (tertiary/aromatic N) is 6. The molecule has 0 bridgehead atoms. The van der Waals surface area contributed by atoms with Crippen molar-refractivity contribution in [2.75, 3.05) is 49.5 Å². The van der Waals surface area contributed by atoms with Crippen molar-refractivity contribution >= 4 is 22.8 Å². The number of aliphatic hydroxyl groups excluding tert-OH is 1. The summed E-state index contributed by atoms with van der Waals surface area (Å²) in [6, 6.07) is 8.36. The molecule has 28 heavy (non-hydrogen) atoms. The van der Waals surface area contributed by atoms with E-state index in [0.717, 1.165) is 55.5 Å². The first-order valence-electron chi connectivity index (χ1n) is 9.72. The van der Waals surface area contributed by atoms with Crippen molar-refractivity contribution < 1.29 is 5.11 Å². The third-order valence-corrected chi connectivity index (χ3v) is 5.36. The van der Waals surface area contributed by atoms with Crippen LogP contribution in [0.2, 0.25) is 0 Å². The summed E-state index contributed by atoms with van der Waals surface area (Å²) in [6.45, 7) is 7.24. The number of piperazine rings is 1.